The standard InChI is InChI=1S/C16H31N3O2/c1-5-12(3)19(13(4)6-2)15(20)11-18-9-7-14(8-10-18)16(17)21/h12-14H,5-11H2,1-4H3,(H2,17,21)/t12-,13-/m0/s1. The van der Waals surface area contributed by atoms with Crippen LogP contribution in [-0.2, 0) is 9.59 Å². The lowest BCUT2D eigenvalue weighted by atomic mass is 9.96. The van der Waals surface area contributed by atoms with E-state index in [9.17, 15) is 9.59 Å². The fourth-order valence-corrected chi connectivity index (χ4v) is 2.97. The Bertz CT molecular complexity index is 341. The normalized spacial score (nSPS) is 20.0. The molecule has 0 saturated carbocycles. The topological polar surface area (TPSA) is 66.6 Å². The summed E-state index contributed by atoms with van der Waals surface area (Å²) in [7, 11) is 0. The number of hydrogen-bond donors (Lipinski definition) is 1. The maximum Gasteiger partial charge on any atom is 0.237 e. The van der Waals surface area contributed by atoms with E-state index in [0.29, 0.717) is 6.54 Å². The average molecular weight is 297 g/mol. The molecular weight excluding hydrogens is 266 g/mol. The molecule has 1 fully saturated rings. The minimum absolute atomic E-state index is 0.0171. The third kappa shape index (κ3) is 4.99. The molecule has 0 spiro atoms. The molecule has 2 amide bonds. The zero-order valence-electron chi connectivity index (χ0n) is 14.0. The summed E-state index contributed by atoms with van der Waals surface area (Å²) in [5.74, 6) is -0.0189. The van der Waals surface area contributed by atoms with Crippen molar-refractivity contribution in [3.05, 3.63) is 0 Å². The highest BCUT2D eigenvalue weighted by atomic mass is 16.2. The average Bonchev–Trinajstić information content (AvgIpc) is 2.47. The number of carbonyl (C=O) groups excluding carboxylic acids is 2. The fourth-order valence-electron chi connectivity index (χ4n) is 2.97. The number of piperidine rings is 1. The Balaban J connectivity index is 2.56. The molecule has 122 valence electrons. The predicted molar refractivity (Wildman–Crippen MR) is 84.7 cm³/mol. The van der Waals surface area contributed by atoms with Crippen molar-refractivity contribution in [2.24, 2.45) is 11.7 Å². The van der Waals surface area contributed by atoms with E-state index in [1.807, 2.05) is 4.90 Å². The summed E-state index contributed by atoms with van der Waals surface area (Å²) in [5.41, 5.74) is 5.34. The van der Waals surface area contributed by atoms with Crippen LogP contribution in [-0.4, -0.2) is 53.3 Å². The molecule has 0 aromatic heterocycles. The smallest absolute Gasteiger partial charge is 0.237 e. The molecule has 0 unspecified atom stereocenters. The van der Waals surface area contributed by atoms with Gasteiger partial charge in [-0.15, -0.1) is 0 Å². The number of rotatable bonds is 7. The molecule has 5 nitrogen and oxygen atoms in total. The van der Waals surface area contributed by atoms with E-state index in [2.05, 4.69) is 32.6 Å². The molecule has 1 aliphatic rings. The monoisotopic (exact) mass is 297 g/mol. The van der Waals surface area contributed by atoms with Crippen molar-refractivity contribution in [2.75, 3.05) is 19.6 Å². The van der Waals surface area contributed by atoms with Crippen LogP contribution in [0.25, 0.3) is 0 Å². The summed E-state index contributed by atoms with van der Waals surface area (Å²) in [5, 5.41) is 0. The Morgan fingerprint density at radius 1 is 1.14 bits per heavy atom. The molecule has 0 aromatic rings. The number of hydrogen-bond acceptors (Lipinski definition) is 3. The van der Waals surface area contributed by atoms with Gasteiger partial charge in [-0.1, -0.05) is 13.8 Å². The van der Waals surface area contributed by atoms with Gasteiger partial charge in [0.1, 0.15) is 0 Å². The minimum Gasteiger partial charge on any atom is -0.369 e. The molecule has 1 aliphatic heterocycles. The number of likely N-dealkylation sites (tertiary alicyclic amines) is 1. The van der Waals surface area contributed by atoms with Crippen LogP contribution < -0.4 is 5.73 Å². The first-order valence-corrected chi connectivity index (χ1v) is 8.23. The zero-order chi connectivity index (χ0) is 16.0. The highest BCUT2D eigenvalue weighted by molar-refractivity contribution is 5.79. The summed E-state index contributed by atoms with van der Waals surface area (Å²) in [6, 6.07) is 0.547. The number of primary amides is 1. The third-order valence-corrected chi connectivity index (χ3v) is 4.77. The maximum absolute atomic E-state index is 12.6. The molecular formula is C16H31N3O2. The van der Waals surface area contributed by atoms with Crippen LogP contribution in [0.1, 0.15) is 53.4 Å². The molecule has 1 heterocycles. The second-order valence-electron chi connectivity index (χ2n) is 6.27. The van der Waals surface area contributed by atoms with Gasteiger partial charge in [-0.05, 0) is 52.6 Å². The minimum atomic E-state index is -0.207. The summed E-state index contributed by atoms with van der Waals surface area (Å²) in [4.78, 5) is 28.0. The zero-order valence-corrected chi connectivity index (χ0v) is 14.0. The summed E-state index contributed by atoms with van der Waals surface area (Å²) in [6.45, 7) is 10.5. The molecule has 21 heavy (non-hydrogen) atoms. The van der Waals surface area contributed by atoms with Gasteiger partial charge in [0.2, 0.25) is 11.8 Å². The van der Waals surface area contributed by atoms with E-state index in [0.717, 1.165) is 38.8 Å². The van der Waals surface area contributed by atoms with Gasteiger partial charge in [0.05, 0.1) is 6.54 Å². The van der Waals surface area contributed by atoms with E-state index in [-0.39, 0.29) is 29.8 Å². The van der Waals surface area contributed by atoms with E-state index < -0.39 is 0 Å². The Labute approximate surface area is 128 Å². The first kappa shape index (κ1) is 18.0. The number of carbonyl (C=O) groups is 2. The second kappa shape index (κ2) is 8.37. The van der Waals surface area contributed by atoms with Crippen molar-refractivity contribution < 1.29 is 9.59 Å². The molecule has 1 rings (SSSR count). The first-order valence-electron chi connectivity index (χ1n) is 8.23. The lowest BCUT2D eigenvalue weighted by molar-refractivity contribution is -0.137. The third-order valence-electron chi connectivity index (χ3n) is 4.77. The van der Waals surface area contributed by atoms with Gasteiger partial charge in [-0.3, -0.25) is 14.5 Å². The van der Waals surface area contributed by atoms with Crippen LogP contribution >= 0.6 is 0 Å². The largest absolute Gasteiger partial charge is 0.369 e. The van der Waals surface area contributed by atoms with Gasteiger partial charge >= 0.3 is 0 Å². The predicted octanol–water partition coefficient (Wildman–Crippen LogP) is 1.61. The molecule has 2 N–H and O–H groups in total. The Morgan fingerprint density at radius 2 is 1.62 bits per heavy atom. The van der Waals surface area contributed by atoms with Crippen molar-refractivity contribution in [2.45, 2.75) is 65.5 Å². The molecule has 5 heteroatoms. The van der Waals surface area contributed by atoms with E-state index in [4.69, 9.17) is 5.73 Å². The highest BCUT2D eigenvalue weighted by Crippen LogP contribution is 2.18. The SMILES string of the molecule is CC[C@H](C)N(C(=O)CN1CCC(C(N)=O)CC1)[C@@H](C)CC. The molecule has 0 radical (unpaired) electrons. The van der Waals surface area contributed by atoms with Crippen LogP contribution in [0.15, 0.2) is 0 Å². The van der Waals surface area contributed by atoms with E-state index in [1.165, 1.54) is 0 Å². The molecule has 0 aliphatic carbocycles. The van der Waals surface area contributed by atoms with Gasteiger partial charge in [-0.2, -0.15) is 0 Å². The second-order valence-corrected chi connectivity index (χ2v) is 6.27. The summed E-state index contributed by atoms with van der Waals surface area (Å²) in [6.07, 6.45) is 3.49. The summed E-state index contributed by atoms with van der Waals surface area (Å²) < 4.78 is 0. The van der Waals surface area contributed by atoms with E-state index >= 15 is 0 Å². The van der Waals surface area contributed by atoms with Crippen molar-refractivity contribution >= 4 is 11.8 Å². The van der Waals surface area contributed by atoms with Crippen molar-refractivity contribution in [1.82, 2.24) is 9.80 Å². The van der Waals surface area contributed by atoms with Gasteiger partial charge in [0.25, 0.3) is 0 Å². The van der Waals surface area contributed by atoms with Gasteiger partial charge in [0.15, 0.2) is 0 Å². The van der Waals surface area contributed by atoms with Gasteiger partial charge in [0, 0.05) is 18.0 Å². The van der Waals surface area contributed by atoms with Crippen molar-refractivity contribution in [3.63, 3.8) is 0 Å². The Kier molecular flexibility index (Phi) is 7.15. The number of amides is 2. The first-order chi connectivity index (χ1) is 9.90. The quantitative estimate of drug-likeness (QED) is 0.776. The van der Waals surface area contributed by atoms with Crippen LogP contribution in [0.3, 0.4) is 0 Å². The van der Waals surface area contributed by atoms with Crippen molar-refractivity contribution in [1.29, 1.82) is 0 Å². The highest BCUT2D eigenvalue weighted by Gasteiger charge is 2.28. The fraction of sp³-hybridized carbons (Fsp3) is 0.875. The number of nitrogens with zero attached hydrogens (tertiary/aromatic N) is 2. The number of nitrogens with two attached hydrogens (primary N) is 1. The van der Waals surface area contributed by atoms with Crippen LogP contribution in [0, 0.1) is 5.92 Å². The van der Waals surface area contributed by atoms with Crippen molar-refractivity contribution in [3.8, 4) is 0 Å². The van der Waals surface area contributed by atoms with Crippen LogP contribution in [0.5, 0.6) is 0 Å². The molecule has 1 saturated heterocycles. The van der Waals surface area contributed by atoms with E-state index in [1.54, 1.807) is 0 Å². The lowest BCUT2D eigenvalue weighted by Gasteiger charge is -2.37. The van der Waals surface area contributed by atoms with Crippen LogP contribution in [0.4, 0.5) is 0 Å². The van der Waals surface area contributed by atoms with Gasteiger partial charge < -0.3 is 10.6 Å². The molecule has 2 atom stereocenters. The lowest BCUT2D eigenvalue weighted by Crippen LogP contribution is -2.50. The molecule has 0 aromatic carbocycles. The Morgan fingerprint density at radius 3 is 2.00 bits per heavy atom. The molecule has 0 bridgehead atoms. The Hall–Kier alpha value is -1.10. The summed E-state index contributed by atoms with van der Waals surface area (Å²) >= 11 is 0. The van der Waals surface area contributed by atoms with Gasteiger partial charge in [-0.25, -0.2) is 0 Å². The van der Waals surface area contributed by atoms with Crippen LogP contribution in [0.2, 0.25) is 0 Å². The maximum atomic E-state index is 12.6.